The van der Waals surface area contributed by atoms with E-state index in [1.807, 2.05) is 6.07 Å². The number of carbonyl (C=O) groups excluding carboxylic acids is 2. The topological polar surface area (TPSA) is 75.7 Å². The number of rotatable bonds is 9. The molecule has 0 bridgehead atoms. The Kier molecular flexibility index (Phi) is 6.66. The van der Waals surface area contributed by atoms with Crippen molar-refractivity contribution in [3.05, 3.63) is 47.8 Å². The maximum Gasteiger partial charge on any atom is 0.257 e. The summed E-state index contributed by atoms with van der Waals surface area (Å²) in [4.78, 5) is 26.2. The highest BCUT2D eigenvalue weighted by Crippen LogP contribution is 2.15. The van der Waals surface area contributed by atoms with Crippen LogP contribution < -0.4 is 5.32 Å². The number of nitrogens with one attached hydrogen (secondary N) is 1. The van der Waals surface area contributed by atoms with Crippen LogP contribution in [-0.4, -0.2) is 29.8 Å². The molecule has 0 aromatic carbocycles. The molecule has 2 rings (SSSR count). The fraction of sp³-hybridized carbons (Fsp3) is 0.444. The summed E-state index contributed by atoms with van der Waals surface area (Å²) in [6.45, 7) is 5.13. The fourth-order valence-electron chi connectivity index (χ4n) is 2.35. The third kappa shape index (κ3) is 5.01. The number of hydrogen-bond donors (Lipinski definition) is 1. The first-order chi connectivity index (χ1) is 11.6. The highest BCUT2D eigenvalue weighted by Gasteiger charge is 2.21. The van der Waals surface area contributed by atoms with E-state index in [1.165, 1.54) is 6.26 Å². The van der Waals surface area contributed by atoms with Crippen molar-refractivity contribution in [2.75, 3.05) is 13.1 Å². The summed E-state index contributed by atoms with van der Waals surface area (Å²) >= 11 is 0. The number of unbranched alkanes of at least 4 members (excludes halogenated alkanes) is 1. The molecule has 0 saturated carbocycles. The molecule has 0 atom stereocenters. The van der Waals surface area contributed by atoms with Gasteiger partial charge in [-0.25, -0.2) is 0 Å². The van der Waals surface area contributed by atoms with Gasteiger partial charge in [0.25, 0.3) is 5.91 Å². The smallest absolute Gasteiger partial charge is 0.257 e. The maximum atomic E-state index is 12.7. The van der Waals surface area contributed by atoms with E-state index in [0.717, 1.165) is 12.8 Å². The van der Waals surface area contributed by atoms with Crippen LogP contribution in [-0.2, 0) is 11.3 Å². The van der Waals surface area contributed by atoms with Gasteiger partial charge in [-0.15, -0.1) is 0 Å². The molecule has 6 heteroatoms. The lowest BCUT2D eigenvalue weighted by atomic mass is 10.2. The SMILES string of the molecule is CCCCNC(=O)CCN(Cc1ccco1)C(=O)c1ccoc1C. The molecular weight excluding hydrogens is 308 g/mol. The lowest BCUT2D eigenvalue weighted by Crippen LogP contribution is -2.35. The van der Waals surface area contributed by atoms with Crippen LogP contribution >= 0.6 is 0 Å². The van der Waals surface area contributed by atoms with Crippen LogP contribution in [0.25, 0.3) is 0 Å². The summed E-state index contributed by atoms with van der Waals surface area (Å²) in [6, 6.07) is 5.23. The summed E-state index contributed by atoms with van der Waals surface area (Å²) in [6.07, 6.45) is 5.30. The Hall–Kier alpha value is -2.50. The van der Waals surface area contributed by atoms with E-state index in [0.29, 0.717) is 36.7 Å². The Morgan fingerprint density at radius 1 is 1.21 bits per heavy atom. The fourth-order valence-corrected chi connectivity index (χ4v) is 2.35. The minimum absolute atomic E-state index is 0.0513. The highest BCUT2D eigenvalue weighted by atomic mass is 16.3. The van der Waals surface area contributed by atoms with Crippen molar-refractivity contribution >= 4 is 11.8 Å². The predicted octanol–water partition coefficient (Wildman–Crippen LogP) is 3.13. The van der Waals surface area contributed by atoms with Gasteiger partial charge in [-0.05, 0) is 31.5 Å². The Morgan fingerprint density at radius 2 is 2.04 bits per heavy atom. The minimum atomic E-state index is -0.168. The molecule has 2 heterocycles. The molecule has 2 aromatic rings. The van der Waals surface area contributed by atoms with Crippen molar-refractivity contribution in [3.8, 4) is 0 Å². The van der Waals surface area contributed by atoms with Gasteiger partial charge in [0.2, 0.25) is 5.91 Å². The van der Waals surface area contributed by atoms with Gasteiger partial charge >= 0.3 is 0 Å². The first-order valence-corrected chi connectivity index (χ1v) is 8.24. The van der Waals surface area contributed by atoms with Gasteiger partial charge in [-0.3, -0.25) is 9.59 Å². The number of aryl methyl sites for hydroxylation is 1. The molecule has 0 fully saturated rings. The average Bonchev–Trinajstić information content (AvgIpc) is 3.22. The van der Waals surface area contributed by atoms with Crippen LogP contribution in [0.15, 0.2) is 39.6 Å². The quantitative estimate of drug-likeness (QED) is 0.716. The molecule has 0 spiro atoms. The molecule has 130 valence electrons. The van der Waals surface area contributed by atoms with Crippen molar-refractivity contribution in [3.63, 3.8) is 0 Å². The summed E-state index contributed by atoms with van der Waals surface area (Å²) in [7, 11) is 0. The van der Waals surface area contributed by atoms with E-state index in [1.54, 1.807) is 30.2 Å². The van der Waals surface area contributed by atoms with Crippen LogP contribution in [0.2, 0.25) is 0 Å². The van der Waals surface area contributed by atoms with Crippen LogP contribution in [0.5, 0.6) is 0 Å². The molecule has 0 radical (unpaired) electrons. The predicted molar refractivity (Wildman–Crippen MR) is 89.4 cm³/mol. The van der Waals surface area contributed by atoms with Gasteiger partial charge in [0, 0.05) is 19.5 Å². The summed E-state index contributed by atoms with van der Waals surface area (Å²) in [5, 5.41) is 2.86. The number of nitrogens with zero attached hydrogens (tertiary/aromatic N) is 1. The van der Waals surface area contributed by atoms with Gasteiger partial charge in [0.1, 0.15) is 11.5 Å². The van der Waals surface area contributed by atoms with Gasteiger partial charge in [0.15, 0.2) is 0 Å². The van der Waals surface area contributed by atoms with Crippen LogP contribution in [0.4, 0.5) is 0 Å². The van der Waals surface area contributed by atoms with Gasteiger partial charge in [-0.1, -0.05) is 13.3 Å². The lowest BCUT2D eigenvalue weighted by Gasteiger charge is -2.21. The lowest BCUT2D eigenvalue weighted by molar-refractivity contribution is -0.121. The third-order valence-electron chi connectivity index (χ3n) is 3.76. The second kappa shape index (κ2) is 8.96. The number of carbonyl (C=O) groups is 2. The normalized spacial score (nSPS) is 10.6. The summed E-state index contributed by atoms with van der Waals surface area (Å²) < 4.78 is 10.5. The van der Waals surface area contributed by atoms with Crippen LogP contribution in [0.1, 0.15) is 48.1 Å². The van der Waals surface area contributed by atoms with Crippen molar-refractivity contribution < 1.29 is 18.4 Å². The molecule has 6 nitrogen and oxygen atoms in total. The zero-order valence-corrected chi connectivity index (χ0v) is 14.2. The van der Waals surface area contributed by atoms with E-state index < -0.39 is 0 Å². The first kappa shape index (κ1) is 17.8. The molecule has 0 aliphatic rings. The standard InChI is InChI=1S/C18H24N2O4/c1-3-4-9-19-17(21)7-10-20(13-15-6-5-11-24-15)18(22)16-8-12-23-14(16)2/h5-6,8,11-12H,3-4,7,9-10,13H2,1-2H3,(H,19,21). The molecule has 24 heavy (non-hydrogen) atoms. The molecule has 1 N–H and O–H groups in total. The van der Waals surface area contributed by atoms with Gasteiger partial charge in [-0.2, -0.15) is 0 Å². The molecule has 0 aliphatic carbocycles. The Balaban J connectivity index is 1.99. The van der Waals surface area contributed by atoms with E-state index in [-0.39, 0.29) is 18.2 Å². The monoisotopic (exact) mass is 332 g/mol. The van der Waals surface area contributed by atoms with E-state index in [2.05, 4.69) is 12.2 Å². The summed E-state index contributed by atoms with van der Waals surface area (Å²) in [5.74, 6) is 1.02. The first-order valence-electron chi connectivity index (χ1n) is 8.24. The average molecular weight is 332 g/mol. The Morgan fingerprint density at radius 3 is 2.67 bits per heavy atom. The van der Waals surface area contributed by atoms with E-state index in [9.17, 15) is 9.59 Å². The van der Waals surface area contributed by atoms with Crippen molar-refractivity contribution in [1.82, 2.24) is 10.2 Å². The van der Waals surface area contributed by atoms with Crippen molar-refractivity contribution in [2.45, 2.75) is 39.7 Å². The highest BCUT2D eigenvalue weighted by molar-refractivity contribution is 5.95. The van der Waals surface area contributed by atoms with E-state index >= 15 is 0 Å². The minimum Gasteiger partial charge on any atom is -0.469 e. The zero-order valence-electron chi connectivity index (χ0n) is 14.2. The molecule has 2 amide bonds. The second-order valence-electron chi connectivity index (χ2n) is 5.65. The Bertz CT molecular complexity index is 646. The number of amides is 2. The second-order valence-corrected chi connectivity index (χ2v) is 5.65. The molecule has 2 aromatic heterocycles. The van der Waals surface area contributed by atoms with Crippen LogP contribution in [0.3, 0.4) is 0 Å². The molecule has 0 unspecified atom stereocenters. The zero-order chi connectivity index (χ0) is 17.4. The molecule has 0 saturated heterocycles. The van der Waals surface area contributed by atoms with Gasteiger partial charge in [0.05, 0.1) is 24.6 Å². The van der Waals surface area contributed by atoms with Gasteiger partial charge < -0.3 is 19.1 Å². The number of furan rings is 2. The molecular formula is C18H24N2O4. The molecule has 0 aliphatic heterocycles. The van der Waals surface area contributed by atoms with Crippen molar-refractivity contribution in [1.29, 1.82) is 0 Å². The largest absolute Gasteiger partial charge is 0.469 e. The third-order valence-corrected chi connectivity index (χ3v) is 3.76. The van der Waals surface area contributed by atoms with E-state index in [4.69, 9.17) is 8.83 Å². The Labute approximate surface area is 141 Å². The van der Waals surface area contributed by atoms with Crippen molar-refractivity contribution in [2.24, 2.45) is 0 Å². The number of hydrogen-bond acceptors (Lipinski definition) is 4. The summed E-state index contributed by atoms with van der Waals surface area (Å²) in [5.41, 5.74) is 0.507. The van der Waals surface area contributed by atoms with Crippen LogP contribution in [0, 0.1) is 6.92 Å². The maximum absolute atomic E-state index is 12.7.